The Balaban J connectivity index is 1.36. The summed E-state index contributed by atoms with van der Waals surface area (Å²) in [5, 5.41) is 3.25. The van der Waals surface area contributed by atoms with E-state index in [4.69, 9.17) is 0 Å². The van der Waals surface area contributed by atoms with Gasteiger partial charge in [-0.2, -0.15) is 8.78 Å². The molecule has 3 rings (SSSR count). The lowest BCUT2D eigenvalue weighted by Crippen LogP contribution is -2.31. The first-order valence-electron chi connectivity index (χ1n) is 8.76. The van der Waals surface area contributed by atoms with Crippen molar-refractivity contribution < 1.29 is 23.1 Å². The smallest absolute Gasteiger partial charge is 0.387 e. The van der Waals surface area contributed by atoms with E-state index < -0.39 is 6.61 Å². The summed E-state index contributed by atoms with van der Waals surface area (Å²) < 4.78 is 28.5. The zero-order chi connectivity index (χ0) is 19.2. The van der Waals surface area contributed by atoms with Crippen molar-refractivity contribution in [3.05, 3.63) is 65.2 Å². The highest BCUT2D eigenvalue weighted by atomic mass is 19.3. The van der Waals surface area contributed by atoms with Crippen LogP contribution in [-0.4, -0.2) is 36.4 Å². The first-order chi connectivity index (χ1) is 13.1. The van der Waals surface area contributed by atoms with Crippen LogP contribution in [-0.2, 0) is 6.54 Å². The van der Waals surface area contributed by atoms with Crippen molar-refractivity contribution in [3.8, 4) is 5.75 Å². The van der Waals surface area contributed by atoms with Crippen LogP contribution < -0.4 is 10.1 Å². The Kier molecular flexibility index (Phi) is 6.13. The number of imide groups is 1. The summed E-state index contributed by atoms with van der Waals surface area (Å²) in [5.74, 6) is -0.320. The van der Waals surface area contributed by atoms with E-state index in [0.717, 1.165) is 18.5 Å². The highest BCUT2D eigenvalue weighted by Gasteiger charge is 2.34. The molecule has 1 aliphatic rings. The van der Waals surface area contributed by atoms with Crippen molar-refractivity contribution >= 4 is 11.8 Å². The highest BCUT2D eigenvalue weighted by molar-refractivity contribution is 6.21. The molecule has 1 aliphatic heterocycles. The molecule has 1 N–H and O–H groups in total. The highest BCUT2D eigenvalue weighted by Crippen LogP contribution is 2.22. The minimum Gasteiger partial charge on any atom is -0.435 e. The number of nitrogens with zero attached hydrogens (tertiary/aromatic N) is 1. The summed E-state index contributed by atoms with van der Waals surface area (Å²) in [4.78, 5) is 25.8. The quantitative estimate of drug-likeness (QED) is 0.540. The van der Waals surface area contributed by atoms with Gasteiger partial charge in [0.05, 0.1) is 11.1 Å². The molecule has 0 fully saturated rings. The summed E-state index contributed by atoms with van der Waals surface area (Å²) in [5.41, 5.74) is 1.90. The largest absolute Gasteiger partial charge is 0.435 e. The molecule has 27 heavy (non-hydrogen) atoms. The van der Waals surface area contributed by atoms with E-state index in [-0.39, 0.29) is 17.6 Å². The fourth-order valence-electron chi connectivity index (χ4n) is 2.98. The van der Waals surface area contributed by atoms with E-state index in [2.05, 4.69) is 10.1 Å². The van der Waals surface area contributed by atoms with Gasteiger partial charge in [-0.25, -0.2) is 0 Å². The van der Waals surface area contributed by atoms with Crippen LogP contribution >= 0.6 is 0 Å². The summed E-state index contributed by atoms with van der Waals surface area (Å²) in [6.45, 7) is -1.11. The number of hydrogen-bond donors (Lipinski definition) is 1. The Morgan fingerprint density at radius 1 is 0.926 bits per heavy atom. The molecule has 2 aromatic carbocycles. The second kappa shape index (κ2) is 8.73. The SMILES string of the molecule is O=C1c2ccccc2C(=O)N1CCCCNCc1ccc(OC(F)F)cc1. The lowest BCUT2D eigenvalue weighted by Gasteiger charge is -2.13. The van der Waals surface area contributed by atoms with Gasteiger partial charge in [-0.05, 0) is 49.2 Å². The molecule has 2 aromatic rings. The number of carbonyl (C=O) groups is 2. The number of carbonyl (C=O) groups excluding carboxylic acids is 2. The number of ether oxygens (including phenoxy) is 1. The van der Waals surface area contributed by atoms with Crippen LogP contribution in [0.4, 0.5) is 8.78 Å². The van der Waals surface area contributed by atoms with Gasteiger partial charge in [0.1, 0.15) is 5.75 Å². The fourth-order valence-corrected chi connectivity index (χ4v) is 2.98. The Hall–Kier alpha value is -2.80. The topological polar surface area (TPSA) is 58.6 Å². The second-order valence-corrected chi connectivity index (χ2v) is 6.21. The van der Waals surface area contributed by atoms with E-state index in [0.29, 0.717) is 30.6 Å². The van der Waals surface area contributed by atoms with Gasteiger partial charge in [0, 0.05) is 13.1 Å². The zero-order valence-corrected chi connectivity index (χ0v) is 14.7. The minimum absolute atomic E-state index is 0.134. The maximum atomic E-state index is 12.2. The molecular weight excluding hydrogens is 354 g/mol. The molecule has 0 aromatic heterocycles. The monoisotopic (exact) mass is 374 g/mol. The van der Waals surface area contributed by atoms with Gasteiger partial charge >= 0.3 is 6.61 Å². The Labute approximate surface area is 155 Å². The van der Waals surface area contributed by atoms with Crippen LogP contribution in [0.1, 0.15) is 39.1 Å². The van der Waals surface area contributed by atoms with Gasteiger partial charge in [0.25, 0.3) is 11.8 Å². The second-order valence-electron chi connectivity index (χ2n) is 6.21. The van der Waals surface area contributed by atoms with Crippen LogP contribution in [0.3, 0.4) is 0 Å². The van der Waals surface area contributed by atoms with Crippen LogP contribution in [0, 0.1) is 0 Å². The van der Waals surface area contributed by atoms with Gasteiger partial charge in [-0.1, -0.05) is 24.3 Å². The Morgan fingerprint density at radius 2 is 1.56 bits per heavy atom. The molecule has 7 heteroatoms. The molecule has 0 saturated heterocycles. The van der Waals surface area contributed by atoms with Gasteiger partial charge in [-0.15, -0.1) is 0 Å². The maximum absolute atomic E-state index is 12.2. The average Bonchev–Trinajstić information content (AvgIpc) is 2.90. The van der Waals surface area contributed by atoms with Crippen LogP contribution in [0.15, 0.2) is 48.5 Å². The zero-order valence-electron chi connectivity index (χ0n) is 14.7. The van der Waals surface area contributed by atoms with Crippen LogP contribution in [0.2, 0.25) is 0 Å². The number of unbranched alkanes of at least 4 members (excludes halogenated alkanes) is 1. The van der Waals surface area contributed by atoms with E-state index in [1.54, 1.807) is 36.4 Å². The minimum atomic E-state index is -2.82. The molecule has 2 amide bonds. The van der Waals surface area contributed by atoms with Crippen LogP contribution in [0.25, 0.3) is 0 Å². The summed E-state index contributed by atoms with van der Waals surface area (Å²) >= 11 is 0. The number of rotatable bonds is 9. The summed E-state index contributed by atoms with van der Waals surface area (Å²) in [6, 6.07) is 13.3. The molecule has 1 heterocycles. The first kappa shape index (κ1) is 19.0. The van der Waals surface area contributed by atoms with Crippen molar-refractivity contribution in [1.29, 1.82) is 0 Å². The molecule has 0 spiro atoms. The number of halogens is 2. The molecule has 0 saturated carbocycles. The van der Waals surface area contributed by atoms with Crippen molar-refractivity contribution in [2.75, 3.05) is 13.1 Å². The van der Waals surface area contributed by atoms with E-state index in [1.807, 2.05) is 0 Å². The molecule has 142 valence electrons. The third-order valence-corrected chi connectivity index (χ3v) is 4.34. The number of hydrogen-bond acceptors (Lipinski definition) is 4. The lowest BCUT2D eigenvalue weighted by atomic mass is 10.1. The van der Waals surface area contributed by atoms with Crippen molar-refractivity contribution in [1.82, 2.24) is 10.2 Å². The third kappa shape index (κ3) is 4.68. The van der Waals surface area contributed by atoms with Crippen molar-refractivity contribution in [3.63, 3.8) is 0 Å². The van der Waals surface area contributed by atoms with Crippen molar-refractivity contribution in [2.45, 2.75) is 26.0 Å². The fraction of sp³-hybridized carbons (Fsp3) is 0.300. The number of nitrogens with one attached hydrogen (secondary N) is 1. The van der Waals surface area contributed by atoms with E-state index in [1.165, 1.54) is 17.0 Å². The molecule has 0 unspecified atom stereocenters. The number of amides is 2. The van der Waals surface area contributed by atoms with Gasteiger partial charge < -0.3 is 10.1 Å². The van der Waals surface area contributed by atoms with Gasteiger partial charge in [0.2, 0.25) is 0 Å². The summed E-state index contributed by atoms with van der Waals surface area (Å²) in [6.07, 6.45) is 1.51. The predicted octanol–water partition coefficient (Wildman–Crippen LogP) is 3.45. The average molecular weight is 374 g/mol. The van der Waals surface area contributed by atoms with Gasteiger partial charge in [0.15, 0.2) is 0 Å². The van der Waals surface area contributed by atoms with E-state index >= 15 is 0 Å². The maximum Gasteiger partial charge on any atom is 0.387 e. The third-order valence-electron chi connectivity index (χ3n) is 4.34. The molecule has 0 aliphatic carbocycles. The number of benzene rings is 2. The lowest BCUT2D eigenvalue weighted by molar-refractivity contribution is -0.0498. The number of alkyl halides is 2. The molecule has 0 atom stereocenters. The Morgan fingerprint density at radius 3 is 2.15 bits per heavy atom. The summed E-state index contributed by atoms with van der Waals surface area (Å²) in [7, 11) is 0. The molecular formula is C20H20F2N2O3. The normalized spacial score (nSPS) is 13.4. The van der Waals surface area contributed by atoms with Crippen molar-refractivity contribution in [2.24, 2.45) is 0 Å². The molecule has 0 bridgehead atoms. The molecule has 5 nitrogen and oxygen atoms in total. The van der Waals surface area contributed by atoms with E-state index in [9.17, 15) is 18.4 Å². The van der Waals surface area contributed by atoms with Crippen LogP contribution in [0.5, 0.6) is 5.75 Å². The molecule has 0 radical (unpaired) electrons. The van der Waals surface area contributed by atoms with Gasteiger partial charge in [-0.3, -0.25) is 14.5 Å². The Bertz CT molecular complexity index is 774. The first-order valence-corrected chi connectivity index (χ1v) is 8.76. The number of fused-ring (bicyclic) bond motifs is 1. The predicted molar refractivity (Wildman–Crippen MR) is 95.8 cm³/mol. The standard InChI is InChI=1S/C20H20F2N2O3/c21-20(22)27-15-9-7-14(8-10-15)13-23-11-3-4-12-24-18(25)16-5-1-2-6-17(16)19(24)26/h1-2,5-10,20,23H,3-4,11-13H2.